The second kappa shape index (κ2) is 6.61. The van der Waals surface area contributed by atoms with Crippen LogP contribution in [0.25, 0.3) is 0 Å². The molecule has 0 aliphatic heterocycles. The normalized spacial score (nSPS) is 14.8. The van der Waals surface area contributed by atoms with Gasteiger partial charge < -0.3 is 10.8 Å². The molecule has 2 atom stereocenters. The van der Waals surface area contributed by atoms with E-state index in [2.05, 4.69) is 6.92 Å². The van der Waals surface area contributed by atoms with Crippen molar-refractivity contribution in [2.75, 3.05) is 13.2 Å². The molecular formula is C13H20FNO. The third kappa shape index (κ3) is 3.58. The van der Waals surface area contributed by atoms with E-state index in [-0.39, 0.29) is 18.3 Å². The molecule has 16 heavy (non-hydrogen) atoms. The summed E-state index contributed by atoms with van der Waals surface area (Å²) in [6.45, 7) is 2.71. The first-order chi connectivity index (χ1) is 7.71. The van der Waals surface area contributed by atoms with Gasteiger partial charge in [-0.2, -0.15) is 0 Å². The molecule has 0 aliphatic carbocycles. The summed E-state index contributed by atoms with van der Waals surface area (Å²) in [5, 5.41) is 9.12. The Bertz CT molecular complexity index is 295. The lowest BCUT2D eigenvalue weighted by Gasteiger charge is -2.20. The van der Waals surface area contributed by atoms with Crippen LogP contribution in [-0.2, 0) is 0 Å². The summed E-state index contributed by atoms with van der Waals surface area (Å²) in [5.41, 5.74) is 6.69. The first-order valence-electron chi connectivity index (χ1n) is 5.77. The maximum absolute atomic E-state index is 12.8. The highest BCUT2D eigenvalue weighted by Crippen LogP contribution is 2.26. The molecule has 2 unspecified atom stereocenters. The third-order valence-corrected chi connectivity index (χ3v) is 3.04. The Hall–Kier alpha value is -0.930. The molecule has 3 N–H and O–H groups in total. The van der Waals surface area contributed by atoms with Crippen molar-refractivity contribution < 1.29 is 9.50 Å². The van der Waals surface area contributed by atoms with Crippen molar-refractivity contribution >= 4 is 0 Å². The number of nitrogens with two attached hydrogens (primary N) is 1. The maximum atomic E-state index is 12.8. The van der Waals surface area contributed by atoms with Crippen LogP contribution in [0, 0.1) is 11.7 Å². The average molecular weight is 225 g/mol. The zero-order valence-corrected chi connectivity index (χ0v) is 9.70. The lowest BCUT2D eigenvalue weighted by Crippen LogP contribution is -2.20. The lowest BCUT2D eigenvalue weighted by atomic mass is 9.87. The number of aliphatic hydroxyl groups excluding tert-OH is 1. The fourth-order valence-corrected chi connectivity index (χ4v) is 1.92. The molecule has 0 aromatic heterocycles. The average Bonchev–Trinajstić information content (AvgIpc) is 2.32. The maximum Gasteiger partial charge on any atom is 0.123 e. The number of hydrogen-bond acceptors (Lipinski definition) is 2. The Morgan fingerprint density at radius 1 is 1.31 bits per heavy atom. The van der Waals surface area contributed by atoms with Crippen LogP contribution >= 0.6 is 0 Å². The van der Waals surface area contributed by atoms with Crippen LogP contribution in [0.5, 0.6) is 0 Å². The second-order valence-electron chi connectivity index (χ2n) is 4.18. The Kier molecular flexibility index (Phi) is 5.43. The molecule has 0 amide bonds. The Morgan fingerprint density at radius 3 is 2.38 bits per heavy atom. The van der Waals surface area contributed by atoms with Crippen molar-refractivity contribution in [3.05, 3.63) is 35.6 Å². The van der Waals surface area contributed by atoms with E-state index in [9.17, 15) is 4.39 Å². The summed E-state index contributed by atoms with van der Waals surface area (Å²) < 4.78 is 12.8. The minimum absolute atomic E-state index is 0.119. The van der Waals surface area contributed by atoms with Gasteiger partial charge in [-0.05, 0) is 48.9 Å². The third-order valence-electron chi connectivity index (χ3n) is 3.04. The number of halogens is 1. The molecule has 1 rings (SSSR count). The first-order valence-corrected chi connectivity index (χ1v) is 5.77. The van der Waals surface area contributed by atoms with E-state index in [4.69, 9.17) is 10.8 Å². The SMILES string of the molecule is CCC(CC(CN)CO)c1ccc(F)cc1. The topological polar surface area (TPSA) is 46.2 Å². The molecule has 1 aromatic rings. The molecule has 0 heterocycles. The van der Waals surface area contributed by atoms with Gasteiger partial charge in [-0.3, -0.25) is 0 Å². The van der Waals surface area contributed by atoms with Gasteiger partial charge in [0.05, 0.1) is 0 Å². The van der Waals surface area contributed by atoms with Crippen LogP contribution in [-0.4, -0.2) is 18.3 Å². The Labute approximate surface area is 96.3 Å². The van der Waals surface area contributed by atoms with Crippen LogP contribution in [0.3, 0.4) is 0 Å². The molecule has 0 fully saturated rings. The molecule has 0 spiro atoms. The standard InChI is InChI=1S/C13H20FNO/c1-2-11(7-10(8-15)9-16)12-3-5-13(14)6-4-12/h3-6,10-11,16H,2,7-9,15H2,1H3. The monoisotopic (exact) mass is 225 g/mol. The van der Waals surface area contributed by atoms with Crippen molar-refractivity contribution in [2.24, 2.45) is 11.7 Å². The van der Waals surface area contributed by atoms with Gasteiger partial charge in [0, 0.05) is 6.61 Å². The molecule has 2 nitrogen and oxygen atoms in total. The summed E-state index contributed by atoms with van der Waals surface area (Å²) in [4.78, 5) is 0. The van der Waals surface area contributed by atoms with E-state index in [1.54, 1.807) is 0 Å². The van der Waals surface area contributed by atoms with E-state index in [0.29, 0.717) is 12.5 Å². The van der Waals surface area contributed by atoms with Crippen LogP contribution in [0.15, 0.2) is 24.3 Å². The fraction of sp³-hybridized carbons (Fsp3) is 0.538. The summed E-state index contributed by atoms with van der Waals surface area (Å²) in [7, 11) is 0. The van der Waals surface area contributed by atoms with E-state index in [1.807, 2.05) is 12.1 Å². The molecule has 90 valence electrons. The van der Waals surface area contributed by atoms with Gasteiger partial charge >= 0.3 is 0 Å². The number of rotatable bonds is 6. The van der Waals surface area contributed by atoms with Gasteiger partial charge in [0.25, 0.3) is 0 Å². The molecule has 0 aliphatic rings. The van der Waals surface area contributed by atoms with Gasteiger partial charge in [-0.25, -0.2) is 4.39 Å². The number of hydrogen-bond donors (Lipinski definition) is 2. The molecule has 0 saturated carbocycles. The minimum atomic E-state index is -0.212. The molecule has 3 heteroatoms. The van der Waals surface area contributed by atoms with E-state index in [0.717, 1.165) is 18.4 Å². The highest BCUT2D eigenvalue weighted by Gasteiger charge is 2.15. The Balaban J connectivity index is 2.70. The molecular weight excluding hydrogens is 205 g/mol. The zero-order valence-electron chi connectivity index (χ0n) is 9.70. The van der Waals surface area contributed by atoms with Crippen molar-refractivity contribution in [2.45, 2.75) is 25.7 Å². The van der Waals surface area contributed by atoms with Gasteiger partial charge in [-0.1, -0.05) is 19.1 Å². The minimum Gasteiger partial charge on any atom is -0.396 e. The van der Waals surface area contributed by atoms with Gasteiger partial charge in [-0.15, -0.1) is 0 Å². The molecule has 1 aromatic carbocycles. The highest BCUT2D eigenvalue weighted by atomic mass is 19.1. The highest BCUT2D eigenvalue weighted by molar-refractivity contribution is 5.20. The predicted octanol–water partition coefficient (Wildman–Crippen LogP) is 2.28. The van der Waals surface area contributed by atoms with E-state index in [1.165, 1.54) is 12.1 Å². The smallest absolute Gasteiger partial charge is 0.123 e. The van der Waals surface area contributed by atoms with E-state index >= 15 is 0 Å². The predicted molar refractivity (Wildman–Crippen MR) is 63.7 cm³/mol. The van der Waals surface area contributed by atoms with E-state index < -0.39 is 0 Å². The lowest BCUT2D eigenvalue weighted by molar-refractivity contribution is 0.214. The van der Waals surface area contributed by atoms with Crippen LogP contribution in [0.1, 0.15) is 31.2 Å². The van der Waals surface area contributed by atoms with Gasteiger partial charge in [0.2, 0.25) is 0 Å². The van der Waals surface area contributed by atoms with Crippen molar-refractivity contribution in [3.63, 3.8) is 0 Å². The quantitative estimate of drug-likeness (QED) is 0.780. The Morgan fingerprint density at radius 2 is 1.94 bits per heavy atom. The first kappa shape index (κ1) is 13.1. The summed E-state index contributed by atoms with van der Waals surface area (Å²) in [5.74, 6) is 0.271. The largest absolute Gasteiger partial charge is 0.396 e. The summed E-state index contributed by atoms with van der Waals surface area (Å²) >= 11 is 0. The second-order valence-corrected chi connectivity index (χ2v) is 4.18. The van der Waals surface area contributed by atoms with Crippen molar-refractivity contribution in [1.82, 2.24) is 0 Å². The van der Waals surface area contributed by atoms with Gasteiger partial charge in [0.15, 0.2) is 0 Å². The van der Waals surface area contributed by atoms with Crippen LogP contribution in [0.4, 0.5) is 4.39 Å². The van der Waals surface area contributed by atoms with Crippen molar-refractivity contribution in [1.29, 1.82) is 0 Å². The summed E-state index contributed by atoms with van der Waals surface area (Å²) in [6.07, 6.45) is 1.83. The molecule has 0 saturated heterocycles. The fourth-order valence-electron chi connectivity index (χ4n) is 1.92. The molecule has 0 bridgehead atoms. The van der Waals surface area contributed by atoms with Crippen molar-refractivity contribution in [3.8, 4) is 0 Å². The number of benzene rings is 1. The number of aliphatic hydroxyl groups is 1. The zero-order chi connectivity index (χ0) is 12.0. The van der Waals surface area contributed by atoms with Gasteiger partial charge in [0.1, 0.15) is 5.82 Å². The van der Waals surface area contributed by atoms with Crippen LogP contribution in [0.2, 0.25) is 0 Å². The summed E-state index contributed by atoms with van der Waals surface area (Å²) in [6, 6.07) is 6.59. The molecule has 0 radical (unpaired) electrons. The van der Waals surface area contributed by atoms with Crippen LogP contribution < -0.4 is 5.73 Å².